The maximum Gasteiger partial charge on any atom is 0.415 e. The number of aliphatic hydroxyl groups is 1. The number of benzene rings is 1. The summed E-state index contributed by atoms with van der Waals surface area (Å²) in [4.78, 5) is 25.7. The van der Waals surface area contributed by atoms with Crippen LogP contribution in [0.1, 0.15) is 32.3 Å². The number of hydrogen-bond acceptors (Lipinski definition) is 5. The van der Waals surface area contributed by atoms with Gasteiger partial charge in [-0.2, -0.15) is 13.2 Å². The molecule has 6 nitrogen and oxygen atoms in total. The fourth-order valence-electron chi connectivity index (χ4n) is 3.49. The number of imide groups is 1. The highest BCUT2D eigenvalue weighted by atomic mass is 19.4. The van der Waals surface area contributed by atoms with Crippen LogP contribution in [0, 0.1) is 5.92 Å². The maximum atomic E-state index is 13.1. The second-order valence-electron chi connectivity index (χ2n) is 7.17. The molecule has 1 aromatic rings. The highest BCUT2D eigenvalue weighted by Crippen LogP contribution is 2.32. The van der Waals surface area contributed by atoms with Gasteiger partial charge in [-0.25, -0.2) is 4.79 Å². The van der Waals surface area contributed by atoms with Crippen molar-refractivity contribution >= 4 is 12.0 Å². The standard InChI is InChI=1S/C19H25F3N2O4/c1-12(2)15(16(25)19(20,21)22)24-10-6-9-14(24)17(26)23-18(27)28-11-13-7-4-3-5-8-13/h3-5,7-8,12,14-16,25H,6,9-11H2,1-2H3,(H,23,26,27)/t14-,15?,16?/m0/s1. The average molecular weight is 402 g/mol. The molecule has 28 heavy (non-hydrogen) atoms. The lowest BCUT2D eigenvalue weighted by molar-refractivity contribution is -0.227. The number of likely N-dealkylation sites (tertiary alicyclic amines) is 1. The minimum atomic E-state index is -4.80. The Balaban J connectivity index is 2.00. The first-order valence-electron chi connectivity index (χ1n) is 9.13. The molecule has 1 aliphatic heterocycles. The molecule has 2 N–H and O–H groups in total. The van der Waals surface area contributed by atoms with Crippen LogP contribution in [0.25, 0.3) is 0 Å². The SMILES string of the molecule is CC(C)C(C(O)C(F)(F)F)N1CCC[C@H]1C(=O)NC(=O)OCc1ccccc1. The quantitative estimate of drug-likeness (QED) is 0.765. The molecule has 9 heteroatoms. The molecular weight excluding hydrogens is 377 g/mol. The summed E-state index contributed by atoms with van der Waals surface area (Å²) in [5.41, 5.74) is 0.737. The van der Waals surface area contributed by atoms with Crippen LogP contribution in [0.2, 0.25) is 0 Å². The van der Waals surface area contributed by atoms with E-state index in [-0.39, 0.29) is 13.2 Å². The van der Waals surface area contributed by atoms with E-state index in [1.807, 2.05) is 6.07 Å². The lowest BCUT2D eigenvalue weighted by Crippen LogP contribution is -2.57. The molecule has 0 aromatic heterocycles. The number of ether oxygens (including phenoxy) is 1. The van der Waals surface area contributed by atoms with Gasteiger partial charge in [0.2, 0.25) is 5.91 Å². The summed E-state index contributed by atoms with van der Waals surface area (Å²) in [5.74, 6) is -1.27. The normalized spacial score (nSPS) is 20.0. The van der Waals surface area contributed by atoms with Crippen LogP contribution in [0.5, 0.6) is 0 Å². The van der Waals surface area contributed by atoms with Crippen LogP contribution in [-0.4, -0.2) is 52.9 Å². The number of nitrogens with one attached hydrogen (secondary N) is 1. The van der Waals surface area contributed by atoms with E-state index >= 15 is 0 Å². The fourth-order valence-corrected chi connectivity index (χ4v) is 3.49. The number of halogens is 3. The Kier molecular flexibility index (Phi) is 7.42. The van der Waals surface area contributed by atoms with Gasteiger partial charge in [-0.05, 0) is 30.9 Å². The third-order valence-electron chi connectivity index (χ3n) is 4.76. The largest absolute Gasteiger partial charge is 0.444 e. The Morgan fingerprint density at radius 3 is 2.50 bits per heavy atom. The van der Waals surface area contributed by atoms with E-state index in [0.717, 1.165) is 5.56 Å². The monoisotopic (exact) mass is 402 g/mol. The molecule has 2 rings (SSSR count). The predicted molar refractivity (Wildman–Crippen MR) is 95.2 cm³/mol. The van der Waals surface area contributed by atoms with E-state index in [9.17, 15) is 27.9 Å². The Morgan fingerprint density at radius 1 is 1.29 bits per heavy atom. The fraction of sp³-hybridized carbons (Fsp3) is 0.579. The summed E-state index contributed by atoms with van der Waals surface area (Å²) in [6.45, 7) is 3.31. The average Bonchev–Trinajstić information content (AvgIpc) is 3.09. The van der Waals surface area contributed by atoms with Crippen molar-refractivity contribution in [2.24, 2.45) is 5.92 Å². The third-order valence-corrected chi connectivity index (χ3v) is 4.76. The van der Waals surface area contributed by atoms with Gasteiger partial charge in [-0.1, -0.05) is 44.2 Å². The third kappa shape index (κ3) is 5.68. The summed E-state index contributed by atoms with van der Waals surface area (Å²) in [7, 11) is 0. The summed E-state index contributed by atoms with van der Waals surface area (Å²) in [6, 6.07) is 6.64. The highest BCUT2D eigenvalue weighted by Gasteiger charge is 2.50. The number of alkyl carbamates (subject to hydrolysis) is 1. The molecule has 1 aromatic carbocycles. The van der Waals surface area contributed by atoms with E-state index in [0.29, 0.717) is 12.8 Å². The summed E-state index contributed by atoms with van der Waals surface area (Å²) < 4.78 is 44.2. The van der Waals surface area contributed by atoms with Crippen molar-refractivity contribution in [3.05, 3.63) is 35.9 Å². The molecule has 2 unspecified atom stereocenters. The van der Waals surface area contributed by atoms with E-state index in [2.05, 4.69) is 5.32 Å². The number of carbonyl (C=O) groups is 2. The zero-order valence-electron chi connectivity index (χ0n) is 15.8. The van der Waals surface area contributed by atoms with Gasteiger partial charge in [-0.3, -0.25) is 15.0 Å². The summed E-state index contributed by atoms with van der Waals surface area (Å²) >= 11 is 0. The maximum absolute atomic E-state index is 13.1. The zero-order valence-corrected chi connectivity index (χ0v) is 15.8. The predicted octanol–water partition coefficient (Wildman–Crippen LogP) is 2.85. The Bertz CT molecular complexity index is 667. The van der Waals surface area contributed by atoms with Crippen molar-refractivity contribution in [1.82, 2.24) is 10.2 Å². The molecule has 1 saturated heterocycles. The van der Waals surface area contributed by atoms with Crippen molar-refractivity contribution in [2.75, 3.05) is 6.54 Å². The minimum absolute atomic E-state index is 0.0320. The lowest BCUT2D eigenvalue weighted by Gasteiger charge is -2.38. The summed E-state index contributed by atoms with van der Waals surface area (Å²) in [6.07, 6.45) is -7.55. The lowest BCUT2D eigenvalue weighted by atomic mass is 9.95. The van der Waals surface area contributed by atoms with E-state index in [1.165, 1.54) is 4.90 Å². The van der Waals surface area contributed by atoms with E-state index in [1.54, 1.807) is 38.1 Å². The van der Waals surface area contributed by atoms with Gasteiger partial charge < -0.3 is 9.84 Å². The number of nitrogens with zero attached hydrogens (tertiary/aromatic N) is 1. The number of carbonyl (C=O) groups excluding carboxylic acids is 2. The minimum Gasteiger partial charge on any atom is -0.444 e. The van der Waals surface area contributed by atoms with Gasteiger partial charge in [0.25, 0.3) is 0 Å². The van der Waals surface area contributed by atoms with Gasteiger partial charge >= 0.3 is 12.3 Å². The zero-order chi connectivity index (χ0) is 20.9. The van der Waals surface area contributed by atoms with Crippen molar-refractivity contribution < 1.29 is 32.6 Å². The van der Waals surface area contributed by atoms with Crippen molar-refractivity contribution in [3.63, 3.8) is 0 Å². The van der Waals surface area contributed by atoms with Crippen LogP contribution in [-0.2, 0) is 16.1 Å². The molecule has 0 bridgehead atoms. The molecule has 2 amide bonds. The second-order valence-corrected chi connectivity index (χ2v) is 7.17. The summed E-state index contributed by atoms with van der Waals surface area (Å²) in [5, 5.41) is 11.9. The second kappa shape index (κ2) is 9.38. The Labute approximate surface area is 161 Å². The number of alkyl halides is 3. The van der Waals surface area contributed by atoms with Crippen molar-refractivity contribution in [2.45, 2.75) is 57.7 Å². The van der Waals surface area contributed by atoms with Crippen LogP contribution in [0.3, 0.4) is 0 Å². The van der Waals surface area contributed by atoms with Crippen molar-refractivity contribution in [3.8, 4) is 0 Å². The van der Waals surface area contributed by atoms with Crippen LogP contribution in [0.15, 0.2) is 30.3 Å². The topological polar surface area (TPSA) is 78.9 Å². The van der Waals surface area contributed by atoms with Crippen LogP contribution in [0.4, 0.5) is 18.0 Å². The van der Waals surface area contributed by atoms with Gasteiger partial charge in [0.15, 0.2) is 6.10 Å². The van der Waals surface area contributed by atoms with E-state index < -0.39 is 42.3 Å². The first-order valence-corrected chi connectivity index (χ1v) is 9.13. The molecule has 0 saturated carbocycles. The Hall–Kier alpha value is -2.13. The smallest absolute Gasteiger partial charge is 0.415 e. The first-order chi connectivity index (χ1) is 13.1. The van der Waals surface area contributed by atoms with Gasteiger partial charge in [0, 0.05) is 6.04 Å². The molecule has 1 aliphatic rings. The molecule has 156 valence electrons. The van der Waals surface area contributed by atoms with Gasteiger partial charge in [0.05, 0.1) is 6.04 Å². The number of amides is 2. The van der Waals surface area contributed by atoms with Gasteiger partial charge in [-0.15, -0.1) is 0 Å². The van der Waals surface area contributed by atoms with Gasteiger partial charge in [0.1, 0.15) is 6.61 Å². The van der Waals surface area contributed by atoms with Crippen LogP contribution >= 0.6 is 0 Å². The molecule has 1 fully saturated rings. The molecule has 0 spiro atoms. The van der Waals surface area contributed by atoms with Crippen LogP contribution < -0.4 is 5.32 Å². The number of rotatable bonds is 6. The van der Waals surface area contributed by atoms with E-state index in [4.69, 9.17) is 4.74 Å². The Morgan fingerprint density at radius 2 is 1.93 bits per heavy atom. The molecule has 0 radical (unpaired) electrons. The highest BCUT2D eigenvalue weighted by molar-refractivity contribution is 5.95. The molecular formula is C19H25F3N2O4. The molecule has 1 heterocycles. The number of aliphatic hydroxyl groups excluding tert-OH is 1. The molecule has 0 aliphatic carbocycles. The first kappa shape index (κ1) is 22.2. The number of hydrogen-bond donors (Lipinski definition) is 2. The molecule has 3 atom stereocenters. The van der Waals surface area contributed by atoms with Crippen molar-refractivity contribution in [1.29, 1.82) is 0 Å².